The molecular weight excluding hydrogens is 867 g/mol. The summed E-state index contributed by atoms with van der Waals surface area (Å²) in [5, 5.41) is 22.0. The number of carboxylic acids is 2. The summed E-state index contributed by atoms with van der Waals surface area (Å²) in [5.41, 5.74) is 1.53. The van der Waals surface area contributed by atoms with E-state index in [0.717, 1.165) is 55.6 Å². The molecule has 0 aromatic heterocycles. The highest BCUT2D eigenvalue weighted by Gasteiger charge is 2.18. The van der Waals surface area contributed by atoms with E-state index in [2.05, 4.69) is 62.2 Å². The Morgan fingerprint density at radius 2 is 0.897 bits per heavy atom. The summed E-state index contributed by atoms with van der Waals surface area (Å²) < 4.78 is 5.10. The van der Waals surface area contributed by atoms with Crippen LogP contribution in [0.4, 0.5) is 0 Å². The van der Waals surface area contributed by atoms with Crippen LogP contribution in [-0.4, -0.2) is 88.2 Å². The molecule has 310 valence electrons. The van der Waals surface area contributed by atoms with E-state index in [0.29, 0.717) is 0 Å². The van der Waals surface area contributed by atoms with Crippen molar-refractivity contribution in [3.8, 4) is 0 Å². The van der Waals surface area contributed by atoms with Crippen LogP contribution >= 0.6 is 39.2 Å². The number of aromatic carboxylic acids is 2. The molecule has 0 aliphatic carbocycles. The van der Waals surface area contributed by atoms with E-state index in [9.17, 15) is 28.8 Å². The van der Waals surface area contributed by atoms with Gasteiger partial charge in [-0.25, -0.2) is 9.59 Å². The molecule has 0 spiro atoms. The number of nitrogens with zero attached hydrogens (tertiary/aromatic N) is 1. The summed E-state index contributed by atoms with van der Waals surface area (Å²) in [4.78, 5) is 71.7. The van der Waals surface area contributed by atoms with Gasteiger partial charge in [0.2, 0.25) is 0 Å². The van der Waals surface area contributed by atoms with Crippen LogP contribution in [-0.2, 0) is 28.4 Å². The minimum atomic E-state index is -1.29. The molecule has 0 bridgehead atoms. The fourth-order valence-electron chi connectivity index (χ4n) is 4.86. The molecule has 4 aromatic rings. The molecule has 2 unspecified atom stereocenters. The van der Waals surface area contributed by atoms with Gasteiger partial charge in [0.25, 0.3) is 22.3 Å². The van der Waals surface area contributed by atoms with Crippen molar-refractivity contribution in [1.29, 1.82) is 0 Å². The smallest absolute Gasteiger partial charge is 0.335 e. The molecule has 6 N–H and O–H groups in total. The SMILES string of the molecule is CC(NC(=O)c1cc(C(=O)Cl)cc(C(=O)Cl)c1)c1ccccc1.CC(NC(=O)c1cc(C(=O)O)cc(C(=O)O)c1)c1ccccc1.CN1CCOCC1.O.P=S.P=S. The maximum atomic E-state index is 12.4. The normalized spacial score (nSPS) is 12.4. The number of ether oxygens (including phenoxy) is 1. The summed E-state index contributed by atoms with van der Waals surface area (Å²) in [6, 6.07) is 25.3. The lowest BCUT2D eigenvalue weighted by molar-refractivity contribution is 0.0503. The lowest BCUT2D eigenvalue weighted by atomic mass is 10.0. The Labute approximate surface area is 360 Å². The van der Waals surface area contributed by atoms with Crippen LogP contribution in [0, 0.1) is 0 Å². The van der Waals surface area contributed by atoms with Gasteiger partial charge in [-0.1, -0.05) is 84.3 Å². The summed E-state index contributed by atoms with van der Waals surface area (Å²) in [5.74, 6) is -3.55. The van der Waals surface area contributed by atoms with Gasteiger partial charge in [-0.15, -0.1) is 0 Å². The number of hydrogen-bond acceptors (Lipinski definition) is 10. The second-order valence-electron chi connectivity index (χ2n) is 11.9. The minimum absolute atomic E-state index is 0. The van der Waals surface area contributed by atoms with Crippen molar-refractivity contribution in [2.24, 2.45) is 0 Å². The predicted octanol–water partition coefficient (Wildman–Crippen LogP) is 6.82. The molecule has 13 nitrogen and oxygen atoms in total. The standard InChI is InChI=1S/C17H13Cl2NO3.C17H15NO5.C5H11NO.H2O.2HPS/c1-10(11-5-3-2-4-6-11)20-17(23)14-8-12(15(18)21)7-13(9-14)16(19)22;1-10(11-5-3-2-4-6-11)18-15(19)12-7-13(16(20)21)9-14(8-12)17(22)23;1-6-2-4-7-5-3-6;;2*1-2/h2-10H,1H3,(H,20,23);2-10H,1H3,(H,18,19)(H,20,21)(H,22,23);2-5H2,1H3;1H2;2*1H. The van der Waals surface area contributed by atoms with Gasteiger partial charge in [0.15, 0.2) is 0 Å². The molecule has 1 saturated heterocycles. The van der Waals surface area contributed by atoms with Crippen molar-refractivity contribution in [3.05, 3.63) is 142 Å². The Kier molecular flexibility index (Phi) is 26.7. The first kappa shape index (κ1) is 53.6. The highest BCUT2D eigenvalue weighted by molar-refractivity contribution is 7.89. The maximum absolute atomic E-state index is 12.4. The molecule has 1 aliphatic rings. The van der Waals surface area contributed by atoms with Gasteiger partial charge in [-0.3, -0.25) is 19.2 Å². The van der Waals surface area contributed by atoms with Gasteiger partial charge < -0.3 is 36.0 Å². The van der Waals surface area contributed by atoms with E-state index in [1.54, 1.807) is 6.92 Å². The lowest BCUT2D eigenvalue weighted by Gasteiger charge is -2.21. The monoisotopic (exact) mass is 909 g/mol. The number of likely N-dealkylation sites (N-methyl/N-ethyl adjacent to an activating group) is 1. The molecule has 1 fully saturated rings. The molecule has 2 amide bonds. The van der Waals surface area contributed by atoms with Gasteiger partial charge in [0.05, 0.1) is 36.4 Å². The fraction of sp³-hybridized carbons (Fsp3) is 0.231. The molecule has 19 heteroatoms. The number of nitrogens with one attached hydrogen (secondary N) is 2. The van der Waals surface area contributed by atoms with Crippen LogP contribution in [0.2, 0.25) is 0 Å². The highest BCUT2D eigenvalue weighted by Crippen LogP contribution is 2.18. The Hall–Kier alpha value is -4.40. The Morgan fingerprint density at radius 1 is 0.603 bits per heavy atom. The summed E-state index contributed by atoms with van der Waals surface area (Å²) in [7, 11) is 7.22. The van der Waals surface area contributed by atoms with Gasteiger partial charge in [0, 0.05) is 35.3 Å². The zero-order valence-electron chi connectivity index (χ0n) is 31.5. The predicted molar refractivity (Wildman–Crippen MR) is 235 cm³/mol. The molecule has 4 aromatic carbocycles. The van der Waals surface area contributed by atoms with Crippen LogP contribution in [0.25, 0.3) is 0 Å². The molecule has 2 atom stereocenters. The maximum Gasteiger partial charge on any atom is 0.335 e. The van der Waals surface area contributed by atoms with E-state index in [-0.39, 0.29) is 50.9 Å². The van der Waals surface area contributed by atoms with Crippen molar-refractivity contribution in [3.63, 3.8) is 0 Å². The highest BCUT2D eigenvalue weighted by atomic mass is 35.5. The van der Waals surface area contributed by atoms with Gasteiger partial charge in [0.1, 0.15) is 0 Å². The Bertz CT molecular complexity index is 1780. The summed E-state index contributed by atoms with van der Waals surface area (Å²) >= 11 is 18.6. The molecule has 58 heavy (non-hydrogen) atoms. The third-order valence-electron chi connectivity index (χ3n) is 7.87. The van der Waals surface area contributed by atoms with Crippen LogP contribution in [0.15, 0.2) is 97.1 Å². The topological polar surface area (TPSA) is 211 Å². The molecule has 5 rings (SSSR count). The van der Waals surface area contributed by atoms with Crippen molar-refractivity contribution < 1.29 is 49.2 Å². The van der Waals surface area contributed by atoms with Gasteiger partial charge >= 0.3 is 11.9 Å². The van der Waals surface area contributed by atoms with Crippen molar-refractivity contribution >= 4 is 97.1 Å². The number of morpholine rings is 1. The number of amides is 2. The minimum Gasteiger partial charge on any atom is -0.478 e. The molecule has 1 heterocycles. The van der Waals surface area contributed by atoms with Crippen LogP contribution in [0.1, 0.15) is 99.2 Å². The fourth-order valence-corrected chi connectivity index (χ4v) is 5.07. The van der Waals surface area contributed by atoms with Crippen molar-refractivity contribution in [2.75, 3.05) is 33.4 Å². The molecular formula is C39H43Cl2N3O10P2S2. The zero-order valence-corrected chi connectivity index (χ0v) is 36.6. The number of carbonyl (C=O) groups is 6. The zero-order chi connectivity index (χ0) is 43.1. The van der Waals surface area contributed by atoms with E-state index in [1.165, 1.54) is 18.2 Å². The van der Waals surface area contributed by atoms with E-state index < -0.39 is 34.2 Å². The summed E-state index contributed by atoms with van der Waals surface area (Å²) in [6.07, 6.45) is 0. The second kappa shape index (κ2) is 28.9. The Balaban J connectivity index is 0.000000880. The number of carboxylic acid groups (broad SMARTS) is 2. The molecule has 0 saturated carbocycles. The third kappa shape index (κ3) is 18.9. The third-order valence-corrected chi connectivity index (χ3v) is 8.30. The van der Waals surface area contributed by atoms with Crippen LogP contribution in [0.3, 0.4) is 0 Å². The number of carbonyl (C=O) groups excluding carboxylic acids is 4. The average molecular weight is 911 g/mol. The molecule has 1 aliphatic heterocycles. The quantitative estimate of drug-likeness (QED) is 0.0955. The first-order valence-corrected chi connectivity index (χ1v) is 20.7. The van der Waals surface area contributed by atoms with Crippen molar-refractivity contribution in [2.45, 2.75) is 25.9 Å². The number of halogens is 2. The van der Waals surface area contributed by atoms with Crippen LogP contribution in [0.5, 0.6) is 0 Å². The van der Waals surface area contributed by atoms with Crippen LogP contribution < -0.4 is 10.6 Å². The largest absolute Gasteiger partial charge is 0.478 e. The molecule has 0 radical (unpaired) electrons. The van der Waals surface area contributed by atoms with Gasteiger partial charge in [-0.05, 0) is 108 Å². The second-order valence-corrected chi connectivity index (χ2v) is 12.6. The number of benzene rings is 4. The van der Waals surface area contributed by atoms with E-state index in [4.69, 9.17) is 38.2 Å². The Morgan fingerprint density at radius 3 is 1.17 bits per heavy atom. The first-order valence-electron chi connectivity index (χ1n) is 16.7. The van der Waals surface area contributed by atoms with E-state index in [1.807, 2.05) is 67.6 Å². The van der Waals surface area contributed by atoms with Crippen molar-refractivity contribution in [1.82, 2.24) is 15.5 Å². The number of rotatable bonds is 10. The summed E-state index contributed by atoms with van der Waals surface area (Å²) in [6.45, 7) is 7.64. The van der Waals surface area contributed by atoms with Gasteiger partial charge in [-0.2, -0.15) is 0 Å². The average Bonchev–Trinajstić information content (AvgIpc) is 3.23. The first-order chi connectivity index (χ1) is 27.2. The van der Waals surface area contributed by atoms with E-state index >= 15 is 0 Å². The number of hydrogen-bond donors (Lipinski definition) is 4. The lowest BCUT2D eigenvalue weighted by Crippen LogP contribution is -2.32.